The molecule has 28 heavy (non-hydrogen) atoms. The Kier molecular flexibility index (Phi) is 5.85. The van der Waals surface area contributed by atoms with Gasteiger partial charge in [0.15, 0.2) is 6.61 Å². The Bertz CT molecular complexity index is 949. The number of nitrogens with one attached hydrogen (secondary N) is 1. The highest BCUT2D eigenvalue weighted by Crippen LogP contribution is 2.28. The first-order valence-corrected chi connectivity index (χ1v) is 8.19. The van der Waals surface area contributed by atoms with E-state index in [9.17, 15) is 9.59 Å². The molecule has 0 saturated heterocycles. The summed E-state index contributed by atoms with van der Waals surface area (Å²) in [4.78, 5) is 24.4. The van der Waals surface area contributed by atoms with Crippen molar-refractivity contribution in [1.29, 1.82) is 0 Å². The molecule has 1 amide bonds. The number of amides is 1. The molecule has 1 N–H and O–H groups in total. The molecule has 0 radical (unpaired) electrons. The van der Waals surface area contributed by atoms with Crippen molar-refractivity contribution < 1.29 is 28.2 Å². The Morgan fingerprint density at radius 2 is 1.64 bits per heavy atom. The number of hydrogen-bond donors (Lipinski definition) is 1. The summed E-state index contributed by atoms with van der Waals surface area (Å²) in [6.45, 7) is -0.552. The van der Waals surface area contributed by atoms with Crippen molar-refractivity contribution in [2.75, 3.05) is 26.1 Å². The van der Waals surface area contributed by atoms with Crippen molar-refractivity contribution in [1.82, 2.24) is 10.2 Å². The average molecular weight is 383 g/mol. The van der Waals surface area contributed by atoms with E-state index in [4.69, 9.17) is 18.6 Å². The second-order valence-corrected chi connectivity index (χ2v) is 5.44. The summed E-state index contributed by atoms with van der Waals surface area (Å²) < 4.78 is 20.7. The number of anilines is 1. The number of esters is 1. The predicted octanol–water partition coefficient (Wildman–Crippen LogP) is 2.55. The average Bonchev–Trinajstić information content (AvgIpc) is 3.20. The van der Waals surface area contributed by atoms with Gasteiger partial charge in [0.25, 0.3) is 5.91 Å². The van der Waals surface area contributed by atoms with Crippen molar-refractivity contribution in [2.45, 2.75) is 0 Å². The molecule has 9 nitrogen and oxygen atoms in total. The standard InChI is InChI=1S/C19H17N3O6/c1-25-13-9-6-10-14(26-2)16(13)18(24)27-11-15(23)20-19-22-21-17(28-19)12-7-4-3-5-8-12/h3-10H,11H2,1-2H3,(H,20,22,23). The predicted molar refractivity (Wildman–Crippen MR) is 98.2 cm³/mol. The van der Waals surface area contributed by atoms with Gasteiger partial charge in [-0.2, -0.15) is 0 Å². The fraction of sp³-hybridized carbons (Fsp3) is 0.158. The van der Waals surface area contributed by atoms with E-state index in [1.54, 1.807) is 30.3 Å². The molecule has 3 rings (SSSR count). The minimum Gasteiger partial charge on any atom is -0.496 e. The molecule has 144 valence electrons. The van der Waals surface area contributed by atoms with Gasteiger partial charge >= 0.3 is 12.0 Å². The second kappa shape index (κ2) is 8.67. The Morgan fingerprint density at radius 3 is 2.29 bits per heavy atom. The van der Waals surface area contributed by atoms with E-state index in [1.165, 1.54) is 14.2 Å². The summed E-state index contributed by atoms with van der Waals surface area (Å²) >= 11 is 0. The van der Waals surface area contributed by atoms with Crippen LogP contribution in [0.3, 0.4) is 0 Å². The van der Waals surface area contributed by atoms with Gasteiger partial charge in [-0.1, -0.05) is 29.4 Å². The second-order valence-electron chi connectivity index (χ2n) is 5.44. The molecule has 0 aliphatic heterocycles. The highest BCUT2D eigenvalue weighted by Gasteiger charge is 2.21. The number of aromatic nitrogens is 2. The lowest BCUT2D eigenvalue weighted by molar-refractivity contribution is -0.119. The molecular formula is C19H17N3O6. The fourth-order valence-corrected chi connectivity index (χ4v) is 2.38. The molecule has 0 fully saturated rings. The van der Waals surface area contributed by atoms with Crippen molar-refractivity contribution in [3.63, 3.8) is 0 Å². The molecular weight excluding hydrogens is 366 g/mol. The van der Waals surface area contributed by atoms with E-state index in [2.05, 4.69) is 15.5 Å². The van der Waals surface area contributed by atoms with Crippen LogP contribution in [0.5, 0.6) is 11.5 Å². The van der Waals surface area contributed by atoms with Crippen LogP contribution in [0.25, 0.3) is 11.5 Å². The third kappa shape index (κ3) is 4.26. The Hall–Kier alpha value is -3.88. The topological polar surface area (TPSA) is 113 Å². The molecule has 0 spiro atoms. The van der Waals surface area contributed by atoms with Crippen molar-refractivity contribution >= 4 is 17.9 Å². The van der Waals surface area contributed by atoms with E-state index < -0.39 is 18.5 Å². The minimum atomic E-state index is -0.764. The van der Waals surface area contributed by atoms with Crippen molar-refractivity contribution in [3.05, 3.63) is 54.1 Å². The summed E-state index contributed by atoms with van der Waals surface area (Å²) in [5.74, 6) is -0.597. The van der Waals surface area contributed by atoms with E-state index in [1.807, 2.05) is 18.2 Å². The maximum absolute atomic E-state index is 12.3. The van der Waals surface area contributed by atoms with Gasteiger partial charge in [-0.15, -0.1) is 5.10 Å². The number of nitrogens with zero attached hydrogens (tertiary/aromatic N) is 2. The van der Waals surface area contributed by atoms with E-state index in [0.717, 1.165) is 0 Å². The van der Waals surface area contributed by atoms with Crippen LogP contribution in [0.2, 0.25) is 0 Å². The van der Waals surface area contributed by atoms with Gasteiger partial charge in [-0.05, 0) is 24.3 Å². The van der Waals surface area contributed by atoms with Gasteiger partial charge in [-0.3, -0.25) is 10.1 Å². The Labute approximate surface area is 160 Å². The molecule has 1 heterocycles. The zero-order valence-corrected chi connectivity index (χ0v) is 15.2. The monoisotopic (exact) mass is 383 g/mol. The molecule has 0 saturated carbocycles. The summed E-state index contributed by atoms with van der Waals surface area (Å²) in [5, 5.41) is 9.98. The van der Waals surface area contributed by atoms with Gasteiger partial charge in [0.05, 0.1) is 14.2 Å². The van der Waals surface area contributed by atoms with E-state index >= 15 is 0 Å². The number of rotatable bonds is 7. The lowest BCUT2D eigenvalue weighted by atomic mass is 10.2. The number of hydrogen-bond acceptors (Lipinski definition) is 8. The van der Waals surface area contributed by atoms with Crippen molar-refractivity contribution in [2.24, 2.45) is 0 Å². The Balaban J connectivity index is 1.61. The molecule has 0 atom stereocenters. The lowest BCUT2D eigenvalue weighted by Crippen LogP contribution is -2.21. The van der Waals surface area contributed by atoms with Gasteiger partial charge in [-0.25, -0.2) is 4.79 Å². The van der Waals surface area contributed by atoms with Crippen LogP contribution in [-0.4, -0.2) is 42.9 Å². The van der Waals surface area contributed by atoms with Gasteiger partial charge in [0.1, 0.15) is 17.1 Å². The van der Waals surface area contributed by atoms with Crippen molar-refractivity contribution in [3.8, 4) is 23.0 Å². The SMILES string of the molecule is COc1cccc(OC)c1C(=O)OCC(=O)Nc1nnc(-c2ccccc2)o1. The van der Waals surface area contributed by atoms with Crippen LogP contribution in [0, 0.1) is 0 Å². The molecule has 3 aromatic rings. The maximum atomic E-state index is 12.3. The van der Waals surface area contributed by atoms with Crippen LogP contribution < -0.4 is 14.8 Å². The number of ether oxygens (including phenoxy) is 3. The normalized spacial score (nSPS) is 10.2. The number of methoxy groups -OCH3 is 2. The highest BCUT2D eigenvalue weighted by atomic mass is 16.5. The van der Waals surface area contributed by atoms with Gasteiger partial charge in [0, 0.05) is 5.56 Å². The largest absolute Gasteiger partial charge is 0.496 e. The first-order valence-electron chi connectivity index (χ1n) is 8.19. The van der Waals surface area contributed by atoms with E-state index in [-0.39, 0.29) is 29.0 Å². The van der Waals surface area contributed by atoms with Gasteiger partial charge < -0.3 is 18.6 Å². The van der Waals surface area contributed by atoms with Crippen LogP contribution in [0.15, 0.2) is 52.9 Å². The highest BCUT2D eigenvalue weighted by molar-refractivity contribution is 5.98. The number of benzene rings is 2. The maximum Gasteiger partial charge on any atom is 0.346 e. The first-order chi connectivity index (χ1) is 13.6. The van der Waals surface area contributed by atoms with Crippen LogP contribution in [0.4, 0.5) is 6.01 Å². The molecule has 9 heteroatoms. The molecule has 0 aliphatic rings. The summed E-state index contributed by atoms with van der Waals surface area (Å²) in [6.07, 6.45) is 0. The zero-order chi connectivity index (χ0) is 19.9. The molecule has 0 bridgehead atoms. The molecule has 0 aliphatic carbocycles. The van der Waals surface area contributed by atoms with Crippen LogP contribution in [0.1, 0.15) is 10.4 Å². The van der Waals surface area contributed by atoms with E-state index in [0.29, 0.717) is 5.56 Å². The number of carbonyl (C=O) groups is 2. The minimum absolute atomic E-state index is 0.0875. The van der Waals surface area contributed by atoms with Crippen LogP contribution in [-0.2, 0) is 9.53 Å². The quantitative estimate of drug-likeness (QED) is 0.620. The smallest absolute Gasteiger partial charge is 0.346 e. The summed E-state index contributed by atoms with van der Waals surface area (Å²) in [6, 6.07) is 13.8. The third-order valence-corrected chi connectivity index (χ3v) is 3.66. The molecule has 1 aromatic heterocycles. The fourth-order valence-electron chi connectivity index (χ4n) is 2.38. The summed E-state index contributed by atoms with van der Waals surface area (Å²) in [5.41, 5.74) is 0.801. The lowest BCUT2D eigenvalue weighted by Gasteiger charge is -2.12. The zero-order valence-electron chi connectivity index (χ0n) is 15.2. The third-order valence-electron chi connectivity index (χ3n) is 3.66. The van der Waals surface area contributed by atoms with Gasteiger partial charge in [0.2, 0.25) is 5.89 Å². The summed E-state index contributed by atoms with van der Waals surface area (Å²) in [7, 11) is 2.83. The molecule has 2 aromatic carbocycles. The number of carbonyl (C=O) groups excluding carboxylic acids is 2. The first kappa shape index (κ1) is 18.9. The van der Waals surface area contributed by atoms with Crippen LogP contribution >= 0.6 is 0 Å². The Morgan fingerprint density at radius 1 is 0.964 bits per heavy atom. The molecule has 0 unspecified atom stereocenters.